The molecule has 1 heterocycles. The fourth-order valence-electron chi connectivity index (χ4n) is 1.46. The van der Waals surface area contributed by atoms with E-state index >= 15 is 0 Å². The standard InChI is InChI=1S/C12H12FN3O/c1-16-6-5-14-11(16)8-15-12(17)9-3-2-4-10(13)7-9/h2-7H,8H2,1H3,(H,15,17). The van der Waals surface area contributed by atoms with Crippen LogP contribution in [-0.2, 0) is 13.6 Å². The van der Waals surface area contributed by atoms with Gasteiger partial charge >= 0.3 is 0 Å². The third-order valence-corrected chi connectivity index (χ3v) is 2.41. The Labute approximate surface area is 98.1 Å². The number of nitrogens with zero attached hydrogens (tertiary/aromatic N) is 2. The number of carbonyl (C=O) groups excluding carboxylic acids is 1. The van der Waals surface area contributed by atoms with Crippen molar-refractivity contribution in [3.05, 3.63) is 53.9 Å². The van der Waals surface area contributed by atoms with Crippen LogP contribution < -0.4 is 5.32 Å². The number of hydrogen-bond acceptors (Lipinski definition) is 2. The van der Waals surface area contributed by atoms with Crippen LogP contribution >= 0.6 is 0 Å². The van der Waals surface area contributed by atoms with Crippen LogP contribution in [0.5, 0.6) is 0 Å². The van der Waals surface area contributed by atoms with Gasteiger partial charge in [0.05, 0.1) is 6.54 Å². The van der Waals surface area contributed by atoms with E-state index in [2.05, 4.69) is 10.3 Å². The first-order chi connectivity index (χ1) is 8.16. The highest BCUT2D eigenvalue weighted by molar-refractivity contribution is 5.94. The summed E-state index contributed by atoms with van der Waals surface area (Å²) in [4.78, 5) is 15.8. The molecule has 0 saturated carbocycles. The fourth-order valence-corrected chi connectivity index (χ4v) is 1.46. The molecule has 2 rings (SSSR count). The topological polar surface area (TPSA) is 46.9 Å². The highest BCUT2D eigenvalue weighted by atomic mass is 19.1. The van der Waals surface area contributed by atoms with Gasteiger partial charge in [0.1, 0.15) is 11.6 Å². The van der Waals surface area contributed by atoms with Crippen LogP contribution in [0.25, 0.3) is 0 Å². The number of nitrogens with one attached hydrogen (secondary N) is 1. The lowest BCUT2D eigenvalue weighted by molar-refractivity contribution is 0.0949. The van der Waals surface area contributed by atoms with Crippen molar-refractivity contribution >= 4 is 5.91 Å². The van der Waals surface area contributed by atoms with Crippen LogP contribution in [0.3, 0.4) is 0 Å². The van der Waals surface area contributed by atoms with Gasteiger partial charge in [0.2, 0.25) is 0 Å². The molecule has 4 nitrogen and oxygen atoms in total. The first kappa shape index (κ1) is 11.3. The molecule has 5 heteroatoms. The second kappa shape index (κ2) is 4.78. The van der Waals surface area contributed by atoms with Crippen molar-refractivity contribution in [2.24, 2.45) is 7.05 Å². The Bertz CT molecular complexity index is 536. The summed E-state index contributed by atoms with van der Waals surface area (Å²) in [5.41, 5.74) is 0.305. The minimum Gasteiger partial charge on any atom is -0.345 e. The third kappa shape index (κ3) is 2.69. The molecule has 1 aromatic heterocycles. The lowest BCUT2D eigenvalue weighted by Crippen LogP contribution is -2.24. The quantitative estimate of drug-likeness (QED) is 0.873. The van der Waals surface area contributed by atoms with Gasteiger partial charge in [-0.3, -0.25) is 4.79 Å². The lowest BCUT2D eigenvalue weighted by Gasteiger charge is -2.05. The van der Waals surface area contributed by atoms with E-state index in [0.29, 0.717) is 12.1 Å². The van der Waals surface area contributed by atoms with Crippen molar-refractivity contribution in [2.75, 3.05) is 0 Å². The summed E-state index contributed by atoms with van der Waals surface area (Å²) in [6.45, 7) is 0.318. The highest BCUT2D eigenvalue weighted by Crippen LogP contribution is 2.03. The molecule has 0 bridgehead atoms. The molecular formula is C12H12FN3O. The fraction of sp³-hybridized carbons (Fsp3) is 0.167. The molecule has 0 aliphatic heterocycles. The van der Waals surface area contributed by atoms with Gasteiger partial charge in [0.15, 0.2) is 0 Å². The van der Waals surface area contributed by atoms with Crippen LogP contribution in [0.4, 0.5) is 4.39 Å². The maximum Gasteiger partial charge on any atom is 0.251 e. The van der Waals surface area contributed by atoms with E-state index in [1.807, 2.05) is 11.6 Å². The Morgan fingerprint density at radius 2 is 2.35 bits per heavy atom. The molecule has 0 saturated heterocycles. The largest absolute Gasteiger partial charge is 0.345 e. The minimum absolute atomic E-state index is 0.305. The number of imidazole rings is 1. The van der Waals surface area contributed by atoms with Gasteiger partial charge in [0.25, 0.3) is 5.91 Å². The van der Waals surface area contributed by atoms with E-state index in [9.17, 15) is 9.18 Å². The number of carbonyl (C=O) groups is 1. The molecule has 0 unspecified atom stereocenters. The van der Waals surface area contributed by atoms with Gasteiger partial charge in [0, 0.05) is 25.0 Å². The first-order valence-electron chi connectivity index (χ1n) is 5.17. The second-order valence-electron chi connectivity index (χ2n) is 3.65. The smallest absolute Gasteiger partial charge is 0.251 e. The van der Waals surface area contributed by atoms with Crippen molar-refractivity contribution in [1.82, 2.24) is 14.9 Å². The molecule has 88 valence electrons. The van der Waals surface area contributed by atoms with E-state index in [1.165, 1.54) is 18.2 Å². The van der Waals surface area contributed by atoms with Gasteiger partial charge in [-0.1, -0.05) is 6.07 Å². The number of amides is 1. The number of aryl methyl sites for hydroxylation is 1. The monoisotopic (exact) mass is 233 g/mol. The highest BCUT2D eigenvalue weighted by Gasteiger charge is 2.07. The summed E-state index contributed by atoms with van der Waals surface area (Å²) in [5, 5.41) is 2.68. The summed E-state index contributed by atoms with van der Waals surface area (Å²) in [5.74, 6) is 0.0110. The van der Waals surface area contributed by atoms with E-state index in [0.717, 1.165) is 5.82 Å². The summed E-state index contributed by atoms with van der Waals surface area (Å²) in [6.07, 6.45) is 3.45. The summed E-state index contributed by atoms with van der Waals surface area (Å²) >= 11 is 0. The van der Waals surface area contributed by atoms with Crippen molar-refractivity contribution < 1.29 is 9.18 Å². The Morgan fingerprint density at radius 1 is 1.53 bits per heavy atom. The molecule has 0 spiro atoms. The zero-order valence-corrected chi connectivity index (χ0v) is 9.35. The van der Waals surface area contributed by atoms with Crippen LogP contribution in [0.15, 0.2) is 36.7 Å². The zero-order chi connectivity index (χ0) is 12.3. The Morgan fingerprint density at radius 3 is 3.00 bits per heavy atom. The van der Waals surface area contributed by atoms with Gasteiger partial charge < -0.3 is 9.88 Å². The maximum absolute atomic E-state index is 12.9. The molecule has 0 atom stereocenters. The van der Waals surface area contributed by atoms with Crippen LogP contribution in [-0.4, -0.2) is 15.5 Å². The van der Waals surface area contributed by atoms with Crippen LogP contribution in [0.2, 0.25) is 0 Å². The predicted octanol–water partition coefficient (Wildman–Crippen LogP) is 1.49. The van der Waals surface area contributed by atoms with Crippen molar-refractivity contribution in [1.29, 1.82) is 0 Å². The molecule has 0 radical (unpaired) electrons. The van der Waals surface area contributed by atoms with Crippen molar-refractivity contribution in [2.45, 2.75) is 6.54 Å². The summed E-state index contributed by atoms with van der Waals surface area (Å²) in [7, 11) is 1.84. The Kier molecular flexibility index (Phi) is 3.18. The molecular weight excluding hydrogens is 221 g/mol. The number of benzene rings is 1. The number of halogens is 1. The number of hydrogen-bond donors (Lipinski definition) is 1. The van der Waals surface area contributed by atoms with Crippen LogP contribution in [0.1, 0.15) is 16.2 Å². The third-order valence-electron chi connectivity index (χ3n) is 2.41. The molecule has 0 aliphatic rings. The Hall–Kier alpha value is -2.17. The molecule has 0 aliphatic carbocycles. The van der Waals surface area contributed by atoms with Crippen molar-refractivity contribution in [3.8, 4) is 0 Å². The molecule has 1 aromatic carbocycles. The van der Waals surface area contributed by atoms with Gasteiger partial charge in [-0.05, 0) is 18.2 Å². The predicted molar refractivity (Wildman–Crippen MR) is 60.8 cm³/mol. The zero-order valence-electron chi connectivity index (χ0n) is 9.35. The normalized spacial score (nSPS) is 10.2. The molecule has 1 N–H and O–H groups in total. The number of rotatable bonds is 3. The molecule has 1 amide bonds. The average Bonchev–Trinajstić information content (AvgIpc) is 2.72. The molecule has 0 fully saturated rings. The number of aromatic nitrogens is 2. The van der Waals surface area contributed by atoms with E-state index in [-0.39, 0.29) is 5.91 Å². The first-order valence-corrected chi connectivity index (χ1v) is 5.17. The van der Waals surface area contributed by atoms with Gasteiger partial charge in [-0.25, -0.2) is 9.37 Å². The van der Waals surface area contributed by atoms with Gasteiger partial charge in [-0.15, -0.1) is 0 Å². The van der Waals surface area contributed by atoms with Gasteiger partial charge in [-0.2, -0.15) is 0 Å². The van der Waals surface area contributed by atoms with E-state index in [1.54, 1.807) is 18.5 Å². The SMILES string of the molecule is Cn1ccnc1CNC(=O)c1cccc(F)c1. The maximum atomic E-state index is 12.9. The summed E-state index contributed by atoms with van der Waals surface area (Å²) in [6, 6.07) is 5.57. The molecule has 2 aromatic rings. The van der Waals surface area contributed by atoms with Crippen LogP contribution in [0, 0.1) is 5.82 Å². The second-order valence-corrected chi connectivity index (χ2v) is 3.65. The Balaban J connectivity index is 2.01. The van der Waals surface area contributed by atoms with E-state index < -0.39 is 5.82 Å². The lowest BCUT2D eigenvalue weighted by atomic mass is 10.2. The minimum atomic E-state index is -0.422. The van der Waals surface area contributed by atoms with E-state index in [4.69, 9.17) is 0 Å². The van der Waals surface area contributed by atoms with Crippen molar-refractivity contribution in [3.63, 3.8) is 0 Å². The summed E-state index contributed by atoms with van der Waals surface area (Å²) < 4.78 is 14.7. The molecule has 17 heavy (non-hydrogen) atoms. The average molecular weight is 233 g/mol.